The third kappa shape index (κ3) is 7.61. The highest BCUT2D eigenvalue weighted by molar-refractivity contribution is 6.14. The van der Waals surface area contributed by atoms with E-state index in [0.717, 1.165) is 83.8 Å². The molecular formula is C66H44N8. The van der Waals surface area contributed by atoms with Gasteiger partial charge in [0.05, 0.1) is 22.1 Å². The Balaban J connectivity index is 0.803. The first-order chi connectivity index (χ1) is 36.7. The van der Waals surface area contributed by atoms with E-state index in [2.05, 4.69) is 172 Å². The van der Waals surface area contributed by atoms with Crippen LogP contribution in [0.2, 0.25) is 0 Å². The lowest BCUT2D eigenvalue weighted by atomic mass is 10.0. The van der Waals surface area contributed by atoms with Crippen molar-refractivity contribution in [3.8, 4) is 56.7 Å². The van der Waals surface area contributed by atoms with Crippen LogP contribution in [0.15, 0.2) is 265 Å². The van der Waals surface area contributed by atoms with Gasteiger partial charge in [-0.1, -0.05) is 170 Å². The van der Waals surface area contributed by atoms with Gasteiger partial charge in [-0.15, -0.1) is 0 Å². The summed E-state index contributed by atoms with van der Waals surface area (Å²) in [5.41, 5.74) is 14.9. The van der Waals surface area contributed by atoms with Crippen molar-refractivity contribution in [1.82, 2.24) is 29.4 Å². The van der Waals surface area contributed by atoms with Gasteiger partial charge < -0.3 is 14.5 Å². The number of nitrogens with one attached hydrogen (secondary N) is 1. The van der Waals surface area contributed by atoms with Crippen LogP contribution in [0.3, 0.4) is 0 Å². The van der Waals surface area contributed by atoms with Crippen LogP contribution in [0.5, 0.6) is 0 Å². The molecule has 348 valence electrons. The van der Waals surface area contributed by atoms with Crippen molar-refractivity contribution >= 4 is 55.3 Å². The Labute approximate surface area is 427 Å². The predicted octanol–water partition coefficient (Wildman–Crippen LogP) is 15.2. The maximum Gasteiger partial charge on any atom is 0.164 e. The summed E-state index contributed by atoms with van der Waals surface area (Å²) in [6.07, 6.45) is -0.263. The van der Waals surface area contributed by atoms with E-state index in [1.54, 1.807) is 0 Å². The maximum absolute atomic E-state index is 5.06. The quantitative estimate of drug-likeness (QED) is 0.156. The minimum absolute atomic E-state index is 0.263. The first-order valence-corrected chi connectivity index (χ1v) is 24.9. The van der Waals surface area contributed by atoms with Crippen LogP contribution in [0.4, 0.5) is 0 Å². The molecule has 13 aromatic rings. The standard InChI is InChI=1S/C66H44N8/c1-5-17-43(18-6-1)61-67-62(44-19-7-2-8-20-44)70-65(69-61)47-29-35-51(36-30-47)73-57-27-15-13-25-53(57)55-41-49(33-39-59(55)73)50-34-40-60-56(42-50)54-26-14-16-28-58(54)74(60)52-37-31-48(32-38-52)66-71-63(45-21-9-3-10-22-45)68-64(72-66)46-23-11-4-12-24-46/h1-42,61H,(H,67,69,70). The molecule has 0 saturated carbocycles. The van der Waals surface area contributed by atoms with E-state index in [-0.39, 0.29) is 6.17 Å². The number of fused-ring (bicyclic) bond motifs is 6. The van der Waals surface area contributed by atoms with Crippen LogP contribution in [-0.2, 0) is 0 Å². The number of aromatic nitrogens is 5. The Bertz CT molecular complexity index is 4240. The topological polar surface area (TPSA) is 85.3 Å². The number of hydrogen-bond acceptors (Lipinski definition) is 6. The SMILES string of the molecule is c1ccc(C2=NC(c3ccccc3)NC(c3ccc(-n4c5ccccc5c5cc(-c6ccc7c(c6)c6ccccc6n7-c6ccc(-c7nc(-c8ccccc8)nc(-c8ccccc8)n7)cc6)ccc54)cc3)=N2)cc1. The summed E-state index contributed by atoms with van der Waals surface area (Å²) < 4.78 is 4.72. The first kappa shape index (κ1) is 42.8. The van der Waals surface area contributed by atoms with Gasteiger partial charge >= 0.3 is 0 Å². The van der Waals surface area contributed by atoms with Gasteiger partial charge in [0.25, 0.3) is 0 Å². The lowest BCUT2D eigenvalue weighted by Gasteiger charge is -2.23. The third-order valence-electron chi connectivity index (χ3n) is 14.1. The molecule has 14 rings (SSSR count). The highest BCUT2D eigenvalue weighted by Gasteiger charge is 2.22. The van der Waals surface area contributed by atoms with Crippen LogP contribution in [0.25, 0.3) is 100 Å². The normalized spacial score (nSPS) is 13.5. The fourth-order valence-electron chi connectivity index (χ4n) is 10.4. The summed E-state index contributed by atoms with van der Waals surface area (Å²) in [7, 11) is 0. The highest BCUT2D eigenvalue weighted by Crippen LogP contribution is 2.39. The molecule has 1 aliphatic rings. The number of nitrogens with zero attached hydrogens (tertiary/aromatic N) is 7. The van der Waals surface area contributed by atoms with Gasteiger partial charge in [0.15, 0.2) is 23.3 Å². The molecule has 10 aromatic carbocycles. The second kappa shape index (κ2) is 18.0. The Morgan fingerprint density at radius 1 is 0.311 bits per heavy atom. The van der Waals surface area contributed by atoms with E-state index in [1.807, 2.05) is 97.1 Å². The van der Waals surface area contributed by atoms with E-state index in [4.69, 9.17) is 24.9 Å². The Morgan fingerprint density at radius 2 is 0.689 bits per heavy atom. The number of amidine groups is 2. The van der Waals surface area contributed by atoms with Crippen molar-refractivity contribution < 1.29 is 0 Å². The minimum Gasteiger partial charge on any atom is -0.344 e. The van der Waals surface area contributed by atoms with Gasteiger partial charge in [0.2, 0.25) is 0 Å². The zero-order valence-electron chi connectivity index (χ0n) is 40.0. The molecular weight excluding hydrogens is 905 g/mol. The van der Waals surface area contributed by atoms with Crippen LogP contribution in [0, 0.1) is 0 Å². The molecule has 0 aliphatic carbocycles. The lowest BCUT2D eigenvalue weighted by Crippen LogP contribution is -2.33. The number of aliphatic imine (C=N–C) groups is 2. The molecule has 0 fully saturated rings. The molecule has 8 heteroatoms. The van der Waals surface area contributed by atoms with E-state index in [9.17, 15) is 0 Å². The van der Waals surface area contributed by atoms with Gasteiger partial charge in [0, 0.05) is 60.7 Å². The Kier molecular flexibility index (Phi) is 10.4. The van der Waals surface area contributed by atoms with E-state index >= 15 is 0 Å². The summed E-state index contributed by atoms with van der Waals surface area (Å²) in [4.78, 5) is 24.9. The van der Waals surface area contributed by atoms with E-state index < -0.39 is 0 Å². The van der Waals surface area contributed by atoms with Crippen molar-refractivity contribution in [3.05, 3.63) is 271 Å². The fourth-order valence-corrected chi connectivity index (χ4v) is 10.4. The van der Waals surface area contributed by atoms with Gasteiger partial charge in [-0.2, -0.15) is 0 Å². The van der Waals surface area contributed by atoms with Crippen LogP contribution >= 0.6 is 0 Å². The second-order valence-corrected chi connectivity index (χ2v) is 18.5. The number of benzene rings is 10. The Hall–Kier alpha value is -10.1. The van der Waals surface area contributed by atoms with Gasteiger partial charge in [0.1, 0.15) is 12.0 Å². The molecule has 74 heavy (non-hydrogen) atoms. The van der Waals surface area contributed by atoms with Gasteiger partial charge in [-0.25, -0.2) is 24.9 Å². The number of para-hydroxylation sites is 2. The van der Waals surface area contributed by atoms with E-state index in [0.29, 0.717) is 23.3 Å². The zero-order valence-corrected chi connectivity index (χ0v) is 40.0. The number of hydrogen-bond donors (Lipinski definition) is 1. The molecule has 8 nitrogen and oxygen atoms in total. The molecule has 1 aliphatic heterocycles. The van der Waals surface area contributed by atoms with Crippen molar-refractivity contribution in [1.29, 1.82) is 0 Å². The summed E-state index contributed by atoms with van der Waals surface area (Å²) in [6, 6.07) is 89.1. The summed E-state index contributed by atoms with van der Waals surface area (Å²) in [6.45, 7) is 0. The molecule has 1 N–H and O–H groups in total. The first-order valence-electron chi connectivity index (χ1n) is 24.9. The second-order valence-electron chi connectivity index (χ2n) is 18.5. The van der Waals surface area contributed by atoms with Crippen LogP contribution in [-0.4, -0.2) is 35.8 Å². The molecule has 1 atom stereocenters. The monoisotopic (exact) mass is 948 g/mol. The molecule has 1 unspecified atom stereocenters. The fraction of sp³-hybridized carbons (Fsp3) is 0.0152. The van der Waals surface area contributed by atoms with Gasteiger partial charge in [-0.3, -0.25) is 0 Å². The number of rotatable bonds is 9. The molecule has 0 spiro atoms. The molecule has 3 aromatic heterocycles. The summed E-state index contributed by atoms with van der Waals surface area (Å²) in [5, 5.41) is 8.40. The van der Waals surface area contributed by atoms with Crippen LogP contribution in [0.1, 0.15) is 22.9 Å². The predicted molar refractivity (Wildman–Crippen MR) is 302 cm³/mol. The van der Waals surface area contributed by atoms with Gasteiger partial charge in [-0.05, 0) is 102 Å². The molecule has 0 amide bonds. The van der Waals surface area contributed by atoms with Crippen LogP contribution < -0.4 is 5.32 Å². The minimum atomic E-state index is -0.263. The van der Waals surface area contributed by atoms with Crippen molar-refractivity contribution in [2.45, 2.75) is 6.17 Å². The third-order valence-corrected chi connectivity index (χ3v) is 14.1. The lowest BCUT2D eigenvalue weighted by molar-refractivity contribution is 0.674. The van der Waals surface area contributed by atoms with Crippen molar-refractivity contribution in [3.63, 3.8) is 0 Å². The van der Waals surface area contributed by atoms with E-state index in [1.165, 1.54) is 21.5 Å². The highest BCUT2D eigenvalue weighted by atomic mass is 15.2. The summed E-state index contributed by atoms with van der Waals surface area (Å²) >= 11 is 0. The van der Waals surface area contributed by atoms with Crippen molar-refractivity contribution in [2.24, 2.45) is 9.98 Å². The smallest absolute Gasteiger partial charge is 0.164 e. The van der Waals surface area contributed by atoms with Crippen molar-refractivity contribution in [2.75, 3.05) is 0 Å². The average Bonchev–Trinajstić information content (AvgIpc) is 4.02. The maximum atomic E-state index is 5.06. The zero-order chi connectivity index (χ0) is 49.0. The Morgan fingerprint density at radius 3 is 1.18 bits per heavy atom. The molecule has 4 heterocycles. The summed E-state index contributed by atoms with van der Waals surface area (Å²) in [5.74, 6) is 3.41. The largest absolute Gasteiger partial charge is 0.344 e. The molecule has 0 bridgehead atoms. The molecule has 0 saturated heterocycles. The molecule has 0 radical (unpaired) electrons. The average molecular weight is 949 g/mol.